The second-order valence-electron chi connectivity index (χ2n) is 7.81. The van der Waals surface area contributed by atoms with E-state index in [1.165, 1.54) is 17.1 Å². The number of imide groups is 1. The highest BCUT2D eigenvalue weighted by Gasteiger charge is 2.55. The molecular weight excluding hydrogens is 453 g/mol. The van der Waals surface area contributed by atoms with Gasteiger partial charge in [0.2, 0.25) is 11.7 Å². The molecule has 34 heavy (non-hydrogen) atoms. The van der Waals surface area contributed by atoms with Gasteiger partial charge in [-0.1, -0.05) is 41.6 Å². The van der Waals surface area contributed by atoms with Gasteiger partial charge in [0.05, 0.1) is 11.3 Å². The van der Waals surface area contributed by atoms with Crippen molar-refractivity contribution in [1.82, 2.24) is 15.1 Å². The Bertz CT molecular complexity index is 1290. The first-order valence-corrected chi connectivity index (χ1v) is 10.4. The number of benzene rings is 2. The first-order valence-electron chi connectivity index (χ1n) is 10.4. The molecule has 0 spiro atoms. The van der Waals surface area contributed by atoms with Crippen molar-refractivity contribution in [1.29, 1.82) is 0 Å². The van der Waals surface area contributed by atoms with Gasteiger partial charge in [-0.25, -0.2) is 4.90 Å². The Morgan fingerprint density at radius 1 is 1.06 bits per heavy atom. The van der Waals surface area contributed by atoms with Gasteiger partial charge < -0.3 is 4.52 Å². The quantitative estimate of drug-likeness (QED) is 0.526. The fourth-order valence-corrected chi connectivity index (χ4v) is 3.90. The number of carbonyl (C=O) groups is 2. The van der Waals surface area contributed by atoms with Crippen LogP contribution in [0.3, 0.4) is 0 Å². The number of aromatic nitrogens is 2. The molecule has 2 aliphatic heterocycles. The molecule has 1 fully saturated rings. The van der Waals surface area contributed by atoms with E-state index < -0.39 is 35.6 Å². The fourth-order valence-electron chi connectivity index (χ4n) is 3.90. The largest absolute Gasteiger partial charge is 0.416 e. The molecule has 2 aromatic carbocycles. The Morgan fingerprint density at radius 2 is 1.82 bits per heavy atom. The van der Waals surface area contributed by atoms with Crippen LogP contribution in [0.15, 0.2) is 63.4 Å². The topological polar surface area (TPSA) is 104 Å². The van der Waals surface area contributed by atoms with Gasteiger partial charge in [-0.05, 0) is 36.2 Å². The van der Waals surface area contributed by atoms with Crippen molar-refractivity contribution in [2.24, 2.45) is 10.3 Å². The van der Waals surface area contributed by atoms with Crippen molar-refractivity contribution in [2.45, 2.75) is 38.1 Å². The normalized spacial score (nSPS) is 19.9. The molecule has 2 amide bonds. The monoisotopic (exact) mass is 470 g/mol. The lowest BCUT2D eigenvalue weighted by Crippen LogP contribution is -2.39. The highest BCUT2D eigenvalue weighted by molar-refractivity contribution is 6.25. The molecule has 0 aliphatic carbocycles. The summed E-state index contributed by atoms with van der Waals surface area (Å²) < 4.78 is 44.1. The van der Waals surface area contributed by atoms with Gasteiger partial charge in [-0.15, -0.1) is 0 Å². The van der Waals surface area contributed by atoms with E-state index in [0.717, 1.165) is 29.0 Å². The van der Waals surface area contributed by atoms with Crippen LogP contribution < -0.4 is 4.90 Å². The number of aryl methyl sites for hydroxylation is 1. The highest BCUT2D eigenvalue weighted by Crippen LogP contribution is 2.34. The lowest BCUT2D eigenvalue weighted by atomic mass is 10.1. The van der Waals surface area contributed by atoms with Crippen LogP contribution >= 0.6 is 0 Å². The first kappa shape index (κ1) is 21.7. The van der Waals surface area contributed by atoms with Crippen LogP contribution in [0.25, 0.3) is 11.4 Å². The lowest BCUT2D eigenvalue weighted by molar-refractivity contribution is -0.137. The zero-order valence-corrected chi connectivity index (χ0v) is 17.7. The lowest BCUT2D eigenvalue weighted by Gasteiger charge is -2.19. The van der Waals surface area contributed by atoms with Crippen LogP contribution in [-0.2, 0) is 28.7 Å². The summed E-state index contributed by atoms with van der Waals surface area (Å²) >= 11 is 0. The molecular formula is C22H17F3N6O3. The zero-order chi connectivity index (χ0) is 24.0. The Balaban J connectivity index is 1.34. The van der Waals surface area contributed by atoms with Gasteiger partial charge in [0.1, 0.15) is 6.54 Å². The van der Waals surface area contributed by atoms with Crippen molar-refractivity contribution in [3.05, 3.63) is 65.5 Å². The molecule has 0 unspecified atom stereocenters. The van der Waals surface area contributed by atoms with Gasteiger partial charge in [-0.3, -0.25) is 14.6 Å². The summed E-state index contributed by atoms with van der Waals surface area (Å²) in [6, 6.07) is 9.67. The van der Waals surface area contributed by atoms with E-state index in [-0.39, 0.29) is 23.8 Å². The van der Waals surface area contributed by atoms with E-state index in [4.69, 9.17) is 4.52 Å². The Morgan fingerprint density at radius 3 is 2.53 bits per heavy atom. The molecule has 0 bridgehead atoms. The van der Waals surface area contributed by atoms with Crippen LogP contribution in [-0.4, -0.2) is 39.0 Å². The van der Waals surface area contributed by atoms with Crippen LogP contribution in [0, 0.1) is 0 Å². The van der Waals surface area contributed by atoms with Crippen LogP contribution in [0.2, 0.25) is 0 Å². The minimum atomic E-state index is -4.51. The SMILES string of the molecule is CCc1ccc(N2C(=O)[C@H]3N=NN(Cc4nc(-c5cccc(C(F)(F)F)c5)no4)[C@H]3C2=O)cc1. The predicted octanol–water partition coefficient (Wildman–Crippen LogP) is 3.81. The fraction of sp³-hybridized carbons (Fsp3) is 0.273. The Hall–Kier alpha value is -4.09. The minimum absolute atomic E-state index is 0.0120. The third kappa shape index (κ3) is 3.70. The van der Waals surface area contributed by atoms with E-state index in [1.54, 1.807) is 12.1 Å². The summed E-state index contributed by atoms with van der Waals surface area (Å²) in [5.74, 6) is -0.999. The number of carbonyl (C=O) groups excluding carboxylic acids is 2. The average Bonchev–Trinajstić information content (AvgIpc) is 3.52. The number of amides is 2. The number of alkyl halides is 3. The Labute approximate surface area is 190 Å². The number of fused-ring (bicyclic) bond motifs is 1. The third-order valence-electron chi connectivity index (χ3n) is 5.67. The summed E-state index contributed by atoms with van der Waals surface area (Å²) in [5, 5.41) is 12.9. The van der Waals surface area contributed by atoms with Crippen molar-refractivity contribution in [3.63, 3.8) is 0 Å². The van der Waals surface area contributed by atoms with Crippen molar-refractivity contribution in [3.8, 4) is 11.4 Å². The van der Waals surface area contributed by atoms with Crippen molar-refractivity contribution in [2.75, 3.05) is 4.90 Å². The second kappa shape index (κ2) is 8.04. The standard InChI is InChI=1S/C22H17F3N6O3/c1-2-12-6-8-15(9-7-12)31-20(32)17-18(21(31)33)30(29-27-17)11-16-26-19(28-34-16)13-4-3-5-14(10-13)22(23,24)25/h3-10,17-18H,2,11H2,1H3/t17-,18+/m0/s1. The maximum atomic E-state index is 13.1. The molecule has 0 saturated carbocycles. The predicted molar refractivity (Wildman–Crippen MR) is 111 cm³/mol. The molecule has 1 aromatic heterocycles. The van der Waals surface area contributed by atoms with E-state index in [9.17, 15) is 22.8 Å². The van der Waals surface area contributed by atoms with Gasteiger partial charge in [0.25, 0.3) is 11.8 Å². The molecule has 0 N–H and O–H groups in total. The van der Waals surface area contributed by atoms with Gasteiger partial charge >= 0.3 is 6.18 Å². The number of anilines is 1. The number of hydrogen-bond acceptors (Lipinski definition) is 8. The Kier molecular flexibility index (Phi) is 5.14. The number of rotatable bonds is 5. The molecule has 12 heteroatoms. The molecule has 3 heterocycles. The van der Waals surface area contributed by atoms with Crippen LogP contribution in [0.1, 0.15) is 23.9 Å². The summed E-state index contributed by atoms with van der Waals surface area (Å²) in [7, 11) is 0. The van der Waals surface area contributed by atoms with Crippen LogP contribution in [0.5, 0.6) is 0 Å². The maximum absolute atomic E-state index is 13.1. The summed E-state index contributed by atoms with van der Waals surface area (Å²) in [6.07, 6.45) is -3.69. The molecule has 3 aromatic rings. The number of hydrogen-bond donors (Lipinski definition) is 0. The average molecular weight is 470 g/mol. The third-order valence-corrected chi connectivity index (χ3v) is 5.67. The van der Waals surface area contributed by atoms with E-state index in [0.29, 0.717) is 5.69 Å². The highest BCUT2D eigenvalue weighted by atomic mass is 19.4. The minimum Gasteiger partial charge on any atom is -0.337 e. The molecule has 2 aliphatic rings. The number of halogens is 3. The molecule has 2 atom stereocenters. The van der Waals surface area contributed by atoms with E-state index in [1.807, 2.05) is 19.1 Å². The van der Waals surface area contributed by atoms with Crippen LogP contribution in [0.4, 0.5) is 18.9 Å². The summed E-state index contributed by atoms with van der Waals surface area (Å²) in [5.41, 5.74) is 0.799. The number of nitrogens with zero attached hydrogens (tertiary/aromatic N) is 6. The maximum Gasteiger partial charge on any atom is 0.416 e. The summed E-state index contributed by atoms with van der Waals surface area (Å²) in [4.78, 5) is 31.1. The first-order chi connectivity index (χ1) is 16.3. The van der Waals surface area contributed by atoms with Gasteiger partial charge in [-0.2, -0.15) is 23.3 Å². The van der Waals surface area contributed by atoms with E-state index >= 15 is 0 Å². The summed E-state index contributed by atoms with van der Waals surface area (Å²) in [6.45, 7) is 1.86. The van der Waals surface area contributed by atoms with E-state index in [2.05, 4.69) is 20.5 Å². The zero-order valence-electron chi connectivity index (χ0n) is 17.7. The molecule has 5 rings (SSSR count). The van der Waals surface area contributed by atoms with Crippen molar-refractivity contribution < 1.29 is 27.3 Å². The second-order valence-corrected chi connectivity index (χ2v) is 7.81. The molecule has 174 valence electrons. The molecule has 0 radical (unpaired) electrons. The smallest absolute Gasteiger partial charge is 0.337 e. The van der Waals surface area contributed by atoms with Gasteiger partial charge in [0, 0.05) is 5.56 Å². The van der Waals surface area contributed by atoms with Crippen molar-refractivity contribution >= 4 is 17.5 Å². The molecule has 9 nitrogen and oxygen atoms in total. The molecule has 1 saturated heterocycles. The van der Waals surface area contributed by atoms with Gasteiger partial charge in [0.15, 0.2) is 12.1 Å².